The molecule has 0 aromatic heterocycles. The van der Waals surface area contributed by atoms with Gasteiger partial charge >= 0.3 is 0 Å². The average molecular weight is 220 g/mol. The Bertz CT molecular complexity index is 416. The molecule has 1 heterocycles. The van der Waals surface area contributed by atoms with Gasteiger partial charge < -0.3 is 15.8 Å². The number of nitrogens with two attached hydrogens (primary N) is 1. The number of hydrogen-bond acceptors (Lipinski definition) is 3. The zero-order chi connectivity index (χ0) is 11.5. The molecule has 0 saturated heterocycles. The molecule has 0 spiro atoms. The molecule has 2 rings (SSSR count). The van der Waals surface area contributed by atoms with Gasteiger partial charge in [-0.2, -0.15) is 0 Å². The lowest BCUT2D eigenvalue weighted by Crippen LogP contribution is -2.26. The molecular weight excluding hydrogens is 204 g/mol. The van der Waals surface area contributed by atoms with Gasteiger partial charge in [0.1, 0.15) is 0 Å². The van der Waals surface area contributed by atoms with E-state index < -0.39 is 0 Å². The van der Waals surface area contributed by atoms with Crippen LogP contribution in [-0.4, -0.2) is 12.5 Å². The van der Waals surface area contributed by atoms with Crippen LogP contribution in [0.5, 0.6) is 5.75 Å². The van der Waals surface area contributed by atoms with Crippen molar-refractivity contribution in [2.24, 2.45) is 0 Å². The van der Waals surface area contributed by atoms with Crippen LogP contribution in [0, 0.1) is 0 Å². The van der Waals surface area contributed by atoms with Crippen LogP contribution in [0.1, 0.15) is 25.3 Å². The maximum atomic E-state index is 11.2. The van der Waals surface area contributed by atoms with Crippen molar-refractivity contribution in [3.63, 3.8) is 0 Å². The molecule has 0 unspecified atom stereocenters. The van der Waals surface area contributed by atoms with E-state index in [-0.39, 0.29) is 12.5 Å². The molecule has 4 nitrogen and oxygen atoms in total. The van der Waals surface area contributed by atoms with Crippen LogP contribution >= 0.6 is 0 Å². The summed E-state index contributed by atoms with van der Waals surface area (Å²) in [6.07, 6.45) is 3.23. The van der Waals surface area contributed by atoms with Gasteiger partial charge in [0.05, 0.1) is 11.4 Å². The predicted octanol–water partition coefficient (Wildman–Crippen LogP) is 1.94. The Labute approximate surface area is 94.8 Å². The number of carbonyl (C=O) groups is 1. The predicted molar refractivity (Wildman–Crippen MR) is 63.6 cm³/mol. The van der Waals surface area contributed by atoms with Gasteiger partial charge in [0, 0.05) is 0 Å². The van der Waals surface area contributed by atoms with E-state index in [9.17, 15) is 4.79 Å². The Kier molecular flexibility index (Phi) is 2.99. The number of anilines is 2. The fraction of sp³-hybridized carbons (Fsp3) is 0.417. The Balaban J connectivity index is 2.28. The Morgan fingerprint density at radius 3 is 3.06 bits per heavy atom. The van der Waals surface area contributed by atoms with Gasteiger partial charge in [0.2, 0.25) is 0 Å². The van der Waals surface area contributed by atoms with Crippen LogP contribution in [0.3, 0.4) is 0 Å². The number of unbranched alkanes of at least 4 members (excludes halogenated alkanes) is 1. The quantitative estimate of drug-likeness (QED) is 0.765. The summed E-state index contributed by atoms with van der Waals surface area (Å²) < 4.78 is 5.29. The molecule has 1 amide bonds. The fourth-order valence-corrected chi connectivity index (χ4v) is 1.82. The highest BCUT2D eigenvalue weighted by Crippen LogP contribution is 2.35. The van der Waals surface area contributed by atoms with E-state index >= 15 is 0 Å². The Morgan fingerprint density at radius 1 is 1.50 bits per heavy atom. The first-order chi connectivity index (χ1) is 7.70. The summed E-state index contributed by atoms with van der Waals surface area (Å²) >= 11 is 0. The van der Waals surface area contributed by atoms with Crippen molar-refractivity contribution in [2.45, 2.75) is 26.2 Å². The molecule has 0 radical (unpaired) electrons. The molecule has 0 bridgehead atoms. The zero-order valence-electron chi connectivity index (χ0n) is 9.38. The molecule has 1 aromatic rings. The normalized spacial score (nSPS) is 13.9. The Hall–Kier alpha value is -1.71. The highest BCUT2D eigenvalue weighted by atomic mass is 16.5. The summed E-state index contributed by atoms with van der Waals surface area (Å²) in [7, 11) is 0. The molecule has 16 heavy (non-hydrogen) atoms. The minimum absolute atomic E-state index is 0.0471. The van der Waals surface area contributed by atoms with E-state index in [2.05, 4.69) is 12.2 Å². The lowest BCUT2D eigenvalue weighted by molar-refractivity contribution is -0.118. The minimum atomic E-state index is -0.125. The van der Waals surface area contributed by atoms with E-state index in [1.165, 1.54) is 0 Å². The van der Waals surface area contributed by atoms with Gasteiger partial charge in [-0.05, 0) is 30.5 Å². The summed E-state index contributed by atoms with van der Waals surface area (Å²) in [4.78, 5) is 11.2. The molecule has 86 valence electrons. The second kappa shape index (κ2) is 4.43. The van der Waals surface area contributed by atoms with Crippen molar-refractivity contribution in [3.05, 3.63) is 17.7 Å². The molecule has 1 aliphatic heterocycles. The largest absolute Gasteiger partial charge is 0.479 e. The first-order valence-corrected chi connectivity index (χ1v) is 5.55. The van der Waals surface area contributed by atoms with Crippen molar-refractivity contribution < 1.29 is 9.53 Å². The number of hydrogen-bond donors (Lipinski definition) is 2. The second-order valence-corrected chi connectivity index (χ2v) is 4.00. The number of rotatable bonds is 3. The van der Waals surface area contributed by atoms with Crippen LogP contribution < -0.4 is 15.8 Å². The third kappa shape index (κ3) is 2.10. The fourth-order valence-electron chi connectivity index (χ4n) is 1.82. The van der Waals surface area contributed by atoms with Gasteiger partial charge in [-0.1, -0.05) is 13.3 Å². The maximum Gasteiger partial charge on any atom is 0.262 e. The highest BCUT2D eigenvalue weighted by molar-refractivity contribution is 5.97. The highest BCUT2D eigenvalue weighted by Gasteiger charge is 2.18. The minimum Gasteiger partial charge on any atom is -0.479 e. The van der Waals surface area contributed by atoms with Crippen molar-refractivity contribution in [2.75, 3.05) is 17.7 Å². The van der Waals surface area contributed by atoms with E-state index in [1.807, 2.05) is 12.1 Å². The van der Waals surface area contributed by atoms with Crippen LogP contribution in [0.4, 0.5) is 11.4 Å². The number of amides is 1. The molecule has 3 N–H and O–H groups in total. The van der Waals surface area contributed by atoms with Gasteiger partial charge in [-0.25, -0.2) is 0 Å². The molecule has 0 fully saturated rings. The van der Waals surface area contributed by atoms with Crippen LogP contribution in [-0.2, 0) is 11.2 Å². The van der Waals surface area contributed by atoms with Gasteiger partial charge in [-0.3, -0.25) is 4.79 Å². The molecule has 0 atom stereocenters. The second-order valence-electron chi connectivity index (χ2n) is 4.00. The van der Waals surface area contributed by atoms with Crippen LogP contribution in [0.2, 0.25) is 0 Å². The number of fused-ring (bicyclic) bond motifs is 1. The maximum absolute atomic E-state index is 11.2. The summed E-state index contributed by atoms with van der Waals surface area (Å²) in [5.41, 5.74) is 8.32. The van der Waals surface area contributed by atoms with Crippen molar-refractivity contribution in [3.8, 4) is 5.75 Å². The van der Waals surface area contributed by atoms with Gasteiger partial charge in [-0.15, -0.1) is 0 Å². The first kappa shape index (κ1) is 10.8. The van der Waals surface area contributed by atoms with Crippen molar-refractivity contribution in [1.82, 2.24) is 0 Å². The molecular formula is C12H16N2O2. The lowest BCUT2D eigenvalue weighted by Gasteiger charge is -2.20. The third-order valence-corrected chi connectivity index (χ3v) is 2.62. The third-order valence-electron chi connectivity index (χ3n) is 2.62. The van der Waals surface area contributed by atoms with Crippen LogP contribution in [0.25, 0.3) is 0 Å². The number of nitrogen functional groups attached to an aromatic ring is 1. The number of nitrogens with one attached hydrogen (secondary N) is 1. The summed E-state index contributed by atoms with van der Waals surface area (Å²) in [6.45, 7) is 2.19. The van der Waals surface area contributed by atoms with E-state index in [4.69, 9.17) is 10.5 Å². The topological polar surface area (TPSA) is 64.3 Å². The van der Waals surface area contributed by atoms with E-state index in [0.717, 1.165) is 24.8 Å². The Morgan fingerprint density at radius 2 is 2.31 bits per heavy atom. The smallest absolute Gasteiger partial charge is 0.262 e. The van der Waals surface area contributed by atoms with Crippen LogP contribution in [0.15, 0.2) is 12.1 Å². The van der Waals surface area contributed by atoms with Gasteiger partial charge in [0.15, 0.2) is 12.4 Å². The monoisotopic (exact) mass is 220 g/mol. The first-order valence-electron chi connectivity index (χ1n) is 5.55. The summed E-state index contributed by atoms with van der Waals surface area (Å²) in [6, 6.07) is 3.87. The number of ether oxygens (including phenoxy) is 1. The molecule has 1 aromatic carbocycles. The van der Waals surface area contributed by atoms with E-state index in [1.54, 1.807) is 0 Å². The average Bonchev–Trinajstić information content (AvgIpc) is 2.25. The van der Waals surface area contributed by atoms with Gasteiger partial charge in [0.25, 0.3) is 5.91 Å². The lowest BCUT2D eigenvalue weighted by atomic mass is 10.1. The number of carbonyl (C=O) groups excluding carboxylic acids is 1. The van der Waals surface area contributed by atoms with E-state index in [0.29, 0.717) is 17.1 Å². The molecule has 0 aliphatic carbocycles. The number of aryl methyl sites for hydroxylation is 1. The summed E-state index contributed by atoms with van der Waals surface area (Å²) in [5, 5.41) is 2.77. The van der Waals surface area contributed by atoms with Crippen molar-refractivity contribution in [1.29, 1.82) is 0 Å². The SMILES string of the molecule is CCCCc1cc(N)c2c(c1)NC(=O)CO2. The summed E-state index contributed by atoms with van der Waals surface area (Å²) in [5.74, 6) is 0.472. The molecule has 1 aliphatic rings. The number of benzene rings is 1. The standard InChI is InChI=1S/C12H16N2O2/c1-2-3-4-8-5-9(13)12-10(6-8)14-11(15)7-16-12/h5-6H,2-4,7,13H2,1H3,(H,14,15). The molecule has 0 saturated carbocycles. The van der Waals surface area contributed by atoms with Crippen molar-refractivity contribution >= 4 is 17.3 Å². The molecule has 4 heteroatoms. The zero-order valence-corrected chi connectivity index (χ0v) is 9.38.